The highest BCUT2D eigenvalue weighted by Gasteiger charge is 1.88. The van der Waals surface area contributed by atoms with Crippen molar-refractivity contribution in [1.82, 2.24) is 5.32 Å². The summed E-state index contributed by atoms with van der Waals surface area (Å²) in [5, 5.41) is 19.8. The number of hydrogen-bond donors (Lipinski definition) is 2. The van der Waals surface area contributed by atoms with Gasteiger partial charge in [-0.3, -0.25) is 0 Å². The minimum absolute atomic E-state index is 0.287. The first-order chi connectivity index (χ1) is 5.91. The van der Waals surface area contributed by atoms with Crippen molar-refractivity contribution in [2.75, 3.05) is 31.2 Å². The van der Waals surface area contributed by atoms with Crippen LogP contribution in [0.15, 0.2) is 0 Å². The maximum Gasteiger partial charge on any atom is 0.0635 e. The lowest BCUT2D eigenvalue weighted by atomic mass is 10.5. The summed E-state index contributed by atoms with van der Waals surface area (Å²) in [4.78, 5) is 0. The van der Waals surface area contributed by atoms with Crippen LogP contribution in [0.25, 0.3) is 0 Å². The van der Waals surface area contributed by atoms with Crippen LogP contribution in [0.1, 0.15) is 12.8 Å². The third-order valence-electron chi connectivity index (χ3n) is 1.28. The number of nitrogens with one attached hydrogen (secondary N) is 1. The summed E-state index contributed by atoms with van der Waals surface area (Å²) >= 11 is 1.83. The first-order valence-electron chi connectivity index (χ1n) is 4.18. The van der Waals surface area contributed by atoms with Gasteiger partial charge in [-0.25, -0.2) is 0 Å². The van der Waals surface area contributed by atoms with Crippen LogP contribution in [0, 0.1) is 11.3 Å². The first-order valence-corrected chi connectivity index (χ1v) is 5.33. The fraction of sp³-hybridized carbons (Fsp3) is 0.875. The first kappa shape index (κ1) is 11.8. The van der Waals surface area contributed by atoms with Crippen molar-refractivity contribution < 1.29 is 5.11 Å². The summed E-state index contributed by atoms with van der Waals surface area (Å²) in [5.41, 5.74) is 0. The maximum absolute atomic E-state index is 8.47. The molecule has 3 nitrogen and oxygen atoms in total. The molecule has 4 heteroatoms. The maximum atomic E-state index is 8.47. The third kappa shape index (κ3) is 9.76. The number of rotatable bonds is 8. The minimum atomic E-state index is 0.287. The molecule has 0 aromatic carbocycles. The lowest BCUT2D eigenvalue weighted by molar-refractivity contribution is 0.296. The lowest BCUT2D eigenvalue weighted by Gasteiger charge is -2.01. The smallest absolute Gasteiger partial charge is 0.0635 e. The summed E-state index contributed by atoms with van der Waals surface area (Å²) in [5.74, 6) is 2.09. The zero-order valence-corrected chi connectivity index (χ0v) is 8.07. The van der Waals surface area contributed by atoms with Crippen molar-refractivity contribution in [3.05, 3.63) is 0 Å². The van der Waals surface area contributed by atoms with E-state index in [1.54, 1.807) is 0 Å². The monoisotopic (exact) mass is 188 g/mol. The molecule has 0 aliphatic heterocycles. The predicted molar refractivity (Wildman–Crippen MR) is 52.1 cm³/mol. The number of nitrogens with zero attached hydrogens (tertiary/aromatic N) is 1. The van der Waals surface area contributed by atoms with Crippen LogP contribution in [0.3, 0.4) is 0 Å². The van der Waals surface area contributed by atoms with Gasteiger partial charge in [-0.15, -0.1) is 0 Å². The summed E-state index contributed by atoms with van der Waals surface area (Å²) in [6, 6.07) is 2.08. The molecule has 0 rings (SSSR count). The Morgan fingerprint density at radius 3 is 2.83 bits per heavy atom. The molecule has 0 fully saturated rings. The molecule has 0 bridgehead atoms. The second-order valence-corrected chi connectivity index (χ2v) is 3.57. The molecule has 0 aromatic heterocycles. The summed E-state index contributed by atoms with van der Waals surface area (Å²) in [7, 11) is 0. The highest BCUT2D eigenvalue weighted by molar-refractivity contribution is 7.99. The Morgan fingerprint density at radius 1 is 1.33 bits per heavy atom. The molecule has 0 unspecified atom stereocenters. The average molecular weight is 188 g/mol. The van der Waals surface area contributed by atoms with Crippen LogP contribution >= 0.6 is 11.8 Å². The van der Waals surface area contributed by atoms with E-state index in [9.17, 15) is 0 Å². The van der Waals surface area contributed by atoms with E-state index in [0.29, 0.717) is 6.42 Å². The third-order valence-corrected chi connectivity index (χ3v) is 2.35. The fourth-order valence-electron chi connectivity index (χ4n) is 0.682. The van der Waals surface area contributed by atoms with Crippen LogP contribution in [0.2, 0.25) is 0 Å². The van der Waals surface area contributed by atoms with Crippen molar-refractivity contribution in [1.29, 1.82) is 5.26 Å². The molecule has 0 spiro atoms. The van der Waals surface area contributed by atoms with E-state index in [-0.39, 0.29) is 6.61 Å². The van der Waals surface area contributed by atoms with Crippen LogP contribution in [0.5, 0.6) is 0 Å². The molecule has 0 amide bonds. The molecular weight excluding hydrogens is 172 g/mol. The summed E-state index contributed by atoms with van der Waals surface area (Å²) < 4.78 is 0. The number of nitriles is 1. The fourth-order valence-corrected chi connectivity index (χ4v) is 1.51. The van der Waals surface area contributed by atoms with Gasteiger partial charge in [0.2, 0.25) is 0 Å². The van der Waals surface area contributed by atoms with Crippen LogP contribution in [-0.2, 0) is 0 Å². The Kier molecular flexibility index (Phi) is 10.5. The molecular formula is C8H16N2OS. The van der Waals surface area contributed by atoms with Crippen molar-refractivity contribution in [3.8, 4) is 6.07 Å². The number of aliphatic hydroxyl groups is 1. The zero-order valence-electron chi connectivity index (χ0n) is 7.25. The Morgan fingerprint density at radius 2 is 2.17 bits per heavy atom. The lowest BCUT2D eigenvalue weighted by Crippen LogP contribution is -2.18. The number of hydrogen-bond acceptors (Lipinski definition) is 4. The van der Waals surface area contributed by atoms with E-state index in [0.717, 1.165) is 31.0 Å². The van der Waals surface area contributed by atoms with Crippen LogP contribution < -0.4 is 5.32 Å². The second kappa shape index (κ2) is 10.8. The van der Waals surface area contributed by atoms with E-state index < -0.39 is 0 Å². The molecule has 0 aliphatic rings. The quantitative estimate of drug-likeness (QED) is 0.548. The topological polar surface area (TPSA) is 56.0 Å². The average Bonchev–Trinajstić information content (AvgIpc) is 2.10. The van der Waals surface area contributed by atoms with E-state index in [2.05, 4.69) is 11.4 Å². The van der Waals surface area contributed by atoms with Gasteiger partial charge in [0, 0.05) is 31.9 Å². The Balaban J connectivity index is 2.78. The van der Waals surface area contributed by atoms with Gasteiger partial charge in [0.15, 0.2) is 0 Å². The molecule has 0 saturated heterocycles. The van der Waals surface area contributed by atoms with E-state index in [4.69, 9.17) is 10.4 Å². The standard InChI is InChI=1S/C8H16N2OS/c9-3-1-4-10-5-8-12-7-2-6-11/h10-11H,1-2,4-8H2. The highest BCUT2D eigenvalue weighted by Crippen LogP contribution is 1.99. The molecule has 0 atom stereocenters. The van der Waals surface area contributed by atoms with E-state index >= 15 is 0 Å². The zero-order chi connectivity index (χ0) is 9.07. The van der Waals surface area contributed by atoms with Crippen molar-refractivity contribution in [3.63, 3.8) is 0 Å². The second-order valence-electron chi connectivity index (χ2n) is 2.35. The SMILES string of the molecule is N#CCCNCCSCCCO. The van der Waals surface area contributed by atoms with Gasteiger partial charge in [-0.05, 0) is 12.2 Å². The van der Waals surface area contributed by atoms with Gasteiger partial charge < -0.3 is 10.4 Å². The molecule has 0 aromatic rings. The Bertz CT molecular complexity index is 125. The van der Waals surface area contributed by atoms with Crippen LogP contribution in [-0.4, -0.2) is 36.3 Å². The number of aliphatic hydroxyl groups excluding tert-OH is 1. The minimum Gasteiger partial charge on any atom is -0.396 e. The molecule has 0 aliphatic carbocycles. The molecule has 2 N–H and O–H groups in total. The summed E-state index contributed by atoms with van der Waals surface area (Å²) in [6.07, 6.45) is 1.46. The Labute approximate surface area is 78.2 Å². The molecule has 0 heterocycles. The van der Waals surface area contributed by atoms with E-state index in [1.165, 1.54) is 0 Å². The van der Waals surface area contributed by atoms with Crippen LogP contribution in [0.4, 0.5) is 0 Å². The predicted octanol–water partition coefficient (Wildman–Crippen LogP) is 0.605. The molecule has 0 radical (unpaired) electrons. The van der Waals surface area contributed by atoms with Gasteiger partial charge in [0.05, 0.1) is 6.07 Å². The normalized spacial score (nSPS) is 9.67. The highest BCUT2D eigenvalue weighted by atomic mass is 32.2. The molecule has 12 heavy (non-hydrogen) atoms. The van der Waals surface area contributed by atoms with Crippen molar-refractivity contribution in [2.45, 2.75) is 12.8 Å². The van der Waals surface area contributed by atoms with Gasteiger partial charge in [-0.2, -0.15) is 17.0 Å². The van der Waals surface area contributed by atoms with Crippen molar-refractivity contribution >= 4 is 11.8 Å². The Hall–Kier alpha value is -0.240. The molecule has 70 valence electrons. The largest absolute Gasteiger partial charge is 0.396 e. The van der Waals surface area contributed by atoms with Gasteiger partial charge >= 0.3 is 0 Å². The van der Waals surface area contributed by atoms with E-state index in [1.807, 2.05) is 11.8 Å². The van der Waals surface area contributed by atoms with Crippen molar-refractivity contribution in [2.24, 2.45) is 0 Å². The van der Waals surface area contributed by atoms with Gasteiger partial charge in [-0.1, -0.05) is 0 Å². The number of thioether (sulfide) groups is 1. The summed E-state index contributed by atoms with van der Waals surface area (Å²) in [6.45, 7) is 2.03. The molecule has 0 saturated carbocycles. The van der Waals surface area contributed by atoms with Gasteiger partial charge in [0.1, 0.15) is 0 Å². The van der Waals surface area contributed by atoms with Gasteiger partial charge in [0.25, 0.3) is 0 Å².